The molecule has 78 valence electrons. The van der Waals surface area contributed by atoms with Crippen LogP contribution in [0.3, 0.4) is 0 Å². The fraction of sp³-hybridized carbons (Fsp3) is 0.222. The highest BCUT2D eigenvalue weighted by Gasteiger charge is 2.05. The minimum absolute atomic E-state index is 0.0294. The molecule has 2 heterocycles. The third kappa shape index (κ3) is 2.74. The third-order valence-corrected chi connectivity index (χ3v) is 3.46. The monoisotopic (exact) mass is 238 g/mol. The van der Waals surface area contributed by atoms with E-state index in [0.29, 0.717) is 0 Å². The van der Waals surface area contributed by atoms with E-state index in [0.717, 1.165) is 14.9 Å². The number of nitrogens with two attached hydrogens (primary N) is 1. The van der Waals surface area contributed by atoms with Crippen LogP contribution in [0.2, 0.25) is 0 Å². The Kier molecular flexibility index (Phi) is 3.30. The SMILES string of the molecule is C[C@H](N)c1ccnc(Sc2ncns2)c1. The summed E-state index contributed by atoms with van der Waals surface area (Å²) in [5.41, 5.74) is 6.87. The second-order valence-electron chi connectivity index (χ2n) is 3.03. The van der Waals surface area contributed by atoms with E-state index in [1.54, 1.807) is 12.5 Å². The molecule has 2 aromatic heterocycles. The van der Waals surface area contributed by atoms with Crippen LogP contribution in [0.15, 0.2) is 34.0 Å². The van der Waals surface area contributed by atoms with Crippen LogP contribution < -0.4 is 5.73 Å². The van der Waals surface area contributed by atoms with E-state index in [9.17, 15) is 0 Å². The van der Waals surface area contributed by atoms with Crippen molar-refractivity contribution in [1.82, 2.24) is 14.3 Å². The minimum Gasteiger partial charge on any atom is -0.324 e. The molecule has 15 heavy (non-hydrogen) atoms. The van der Waals surface area contributed by atoms with Crippen LogP contribution in [0.1, 0.15) is 18.5 Å². The molecule has 1 atom stereocenters. The molecule has 0 aliphatic heterocycles. The van der Waals surface area contributed by atoms with Crippen LogP contribution in [0.4, 0.5) is 0 Å². The van der Waals surface area contributed by atoms with Crippen molar-refractivity contribution in [3.05, 3.63) is 30.2 Å². The van der Waals surface area contributed by atoms with Crippen molar-refractivity contribution in [2.45, 2.75) is 22.3 Å². The Hall–Kier alpha value is -0.980. The van der Waals surface area contributed by atoms with Crippen LogP contribution >= 0.6 is 23.3 Å². The molecule has 0 unspecified atom stereocenters. The normalized spacial score (nSPS) is 12.7. The van der Waals surface area contributed by atoms with E-state index in [1.807, 2.05) is 19.1 Å². The van der Waals surface area contributed by atoms with E-state index in [-0.39, 0.29) is 6.04 Å². The first-order chi connectivity index (χ1) is 7.25. The lowest BCUT2D eigenvalue weighted by Gasteiger charge is -2.05. The summed E-state index contributed by atoms with van der Waals surface area (Å²) in [5, 5.41) is 0.904. The van der Waals surface area contributed by atoms with Crippen molar-refractivity contribution in [2.75, 3.05) is 0 Å². The summed E-state index contributed by atoms with van der Waals surface area (Å²) in [6, 6.07) is 3.94. The Morgan fingerprint density at radius 1 is 1.47 bits per heavy atom. The summed E-state index contributed by atoms with van der Waals surface area (Å²) in [4.78, 5) is 8.33. The molecule has 0 saturated heterocycles. The maximum Gasteiger partial charge on any atom is 0.175 e. The number of nitrogens with zero attached hydrogens (tertiary/aromatic N) is 3. The van der Waals surface area contributed by atoms with E-state index in [2.05, 4.69) is 14.3 Å². The van der Waals surface area contributed by atoms with Crippen LogP contribution in [0.5, 0.6) is 0 Å². The van der Waals surface area contributed by atoms with Crippen LogP contribution in [-0.4, -0.2) is 14.3 Å². The molecule has 0 radical (unpaired) electrons. The Morgan fingerprint density at radius 2 is 2.33 bits per heavy atom. The number of rotatable bonds is 3. The summed E-state index contributed by atoms with van der Waals surface area (Å²) in [6.07, 6.45) is 3.31. The van der Waals surface area contributed by atoms with Gasteiger partial charge in [-0.1, -0.05) is 0 Å². The maximum atomic E-state index is 5.79. The highest BCUT2D eigenvalue weighted by molar-refractivity contribution is 8.00. The molecule has 2 N–H and O–H groups in total. The molecule has 0 amide bonds. The highest BCUT2D eigenvalue weighted by atomic mass is 32.2. The fourth-order valence-electron chi connectivity index (χ4n) is 1.06. The highest BCUT2D eigenvalue weighted by Crippen LogP contribution is 2.27. The van der Waals surface area contributed by atoms with Gasteiger partial charge in [0.1, 0.15) is 11.4 Å². The predicted octanol–water partition coefficient (Wildman–Crippen LogP) is 2.10. The fourth-order valence-corrected chi connectivity index (χ4v) is 2.46. The van der Waals surface area contributed by atoms with Crippen molar-refractivity contribution >= 4 is 23.3 Å². The first-order valence-electron chi connectivity index (χ1n) is 4.42. The third-order valence-electron chi connectivity index (χ3n) is 1.82. The lowest BCUT2D eigenvalue weighted by molar-refractivity contribution is 0.808. The predicted molar refractivity (Wildman–Crippen MR) is 60.9 cm³/mol. The molecular formula is C9H10N4S2. The lowest BCUT2D eigenvalue weighted by atomic mass is 10.1. The van der Waals surface area contributed by atoms with E-state index < -0.39 is 0 Å². The topological polar surface area (TPSA) is 64.7 Å². The molecule has 0 aromatic carbocycles. The molecule has 2 aromatic rings. The van der Waals surface area contributed by atoms with Crippen molar-refractivity contribution in [2.24, 2.45) is 5.73 Å². The van der Waals surface area contributed by atoms with Crippen molar-refractivity contribution in [3.8, 4) is 0 Å². The smallest absolute Gasteiger partial charge is 0.175 e. The second kappa shape index (κ2) is 4.69. The van der Waals surface area contributed by atoms with Gasteiger partial charge in [0.05, 0.1) is 0 Å². The van der Waals surface area contributed by atoms with Gasteiger partial charge in [0, 0.05) is 12.2 Å². The van der Waals surface area contributed by atoms with E-state index in [4.69, 9.17) is 5.73 Å². The summed E-state index contributed by atoms with van der Waals surface area (Å²) in [7, 11) is 0. The molecule has 0 saturated carbocycles. The van der Waals surface area contributed by atoms with Crippen LogP contribution in [0, 0.1) is 0 Å². The number of hydrogen-bond donors (Lipinski definition) is 1. The van der Waals surface area contributed by atoms with Gasteiger partial charge in [-0.25, -0.2) is 9.97 Å². The molecule has 0 aliphatic rings. The van der Waals surface area contributed by atoms with Crippen molar-refractivity contribution in [3.63, 3.8) is 0 Å². The summed E-state index contributed by atoms with van der Waals surface area (Å²) in [5.74, 6) is 0. The molecule has 0 bridgehead atoms. The zero-order chi connectivity index (χ0) is 10.7. The first kappa shape index (κ1) is 10.5. The van der Waals surface area contributed by atoms with Gasteiger partial charge in [-0.3, -0.25) is 0 Å². The zero-order valence-corrected chi connectivity index (χ0v) is 9.76. The molecular weight excluding hydrogens is 228 g/mol. The summed E-state index contributed by atoms with van der Waals surface area (Å²) in [6.45, 7) is 1.95. The lowest BCUT2D eigenvalue weighted by Crippen LogP contribution is -2.04. The Bertz CT molecular complexity index is 427. The van der Waals surface area contributed by atoms with Gasteiger partial charge in [0.25, 0.3) is 0 Å². The summed E-state index contributed by atoms with van der Waals surface area (Å²) < 4.78 is 4.83. The Morgan fingerprint density at radius 3 is 3.00 bits per heavy atom. The average molecular weight is 238 g/mol. The van der Waals surface area contributed by atoms with Gasteiger partial charge in [-0.05, 0) is 47.9 Å². The molecule has 6 heteroatoms. The maximum absolute atomic E-state index is 5.79. The van der Waals surface area contributed by atoms with Crippen molar-refractivity contribution in [1.29, 1.82) is 0 Å². The summed E-state index contributed by atoms with van der Waals surface area (Å²) >= 11 is 2.87. The van der Waals surface area contributed by atoms with Gasteiger partial charge in [0.2, 0.25) is 0 Å². The zero-order valence-electron chi connectivity index (χ0n) is 8.12. The van der Waals surface area contributed by atoms with Gasteiger partial charge in [-0.15, -0.1) is 0 Å². The van der Waals surface area contributed by atoms with E-state index in [1.165, 1.54) is 23.3 Å². The molecule has 2 rings (SSSR count). The van der Waals surface area contributed by atoms with Gasteiger partial charge in [0.15, 0.2) is 4.34 Å². The standard InChI is InChI=1S/C9H10N4S2/c1-6(10)7-2-3-11-8(4-7)14-9-12-5-13-15-9/h2-6H,10H2,1H3/t6-/m0/s1. The van der Waals surface area contributed by atoms with Crippen LogP contribution in [-0.2, 0) is 0 Å². The first-order valence-corrected chi connectivity index (χ1v) is 6.01. The number of hydrogen-bond acceptors (Lipinski definition) is 6. The molecule has 0 aliphatic carbocycles. The quantitative estimate of drug-likeness (QED) is 0.887. The second-order valence-corrected chi connectivity index (χ2v) is 5.07. The van der Waals surface area contributed by atoms with E-state index >= 15 is 0 Å². The minimum atomic E-state index is 0.0294. The van der Waals surface area contributed by atoms with Gasteiger partial charge < -0.3 is 5.73 Å². The molecule has 0 fully saturated rings. The number of pyridine rings is 1. The van der Waals surface area contributed by atoms with Gasteiger partial charge in [-0.2, -0.15) is 4.37 Å². The van der Waals surface area contributed by atoms with Crippen molar-refractivity contribution < 1.29 is 0 Å². The van der Waals surface area contributed by atoms with Crippen LogP contribution in [0.25, 0.3) is 0 Å². The molecule has 0 spiro atoms. The van der Waals surface area contributed by atoms with Gasteiger partial charge >= 0.3 is 0 Å². The average Bonchev–Trinajstić information content (AvgIpc) is 2.71. The Balaban J connectivity index is 2.18. The number of aromatic nitrogens is 3. The largest absolute Gasteiger partial charge is 0.324 e. The molecule has 4 nitrogen and oxygen atoms in total. The Labute approximate surface area is 96.1 Å².